The molecular formula is C19H27N3O3. The van der Waals surface area contributed by atoms with E-state index in [1.54, 1.807) is 7.11 Å². The van der Waals surface area contributed by atoms with Crippen LogP contribution < -0.4 is 10.5 Å². The van der Waals surface area contributed by atoms with Crippen molar-refractivity contribution in [2.75, 3.05) is 33.3 Å². The molecule has 136 valence electrons. The molecule has 1 aliphatic carbocycles. The van der Waals surface area contributed by atoms with E-state index in [1.807, 2.05) is 34.1 Å². The van der Waals surface area contributed by atoms with Gasteiger partial charge in [0.25, 0.3) is 0 Å². The van der Waals surface area contributed by atoms with Crippen molar-refractivity contribution in [2.45, 2.75) is 31.7 Å². The van der Waals surface area contributed by atoms with Gasteiger partial charge in [-0.15, -0.1) is 0 Å². The van der Waals surface area contributed by atoms with E-state index in [0.29, 0.717) is 32.6 Å². The molecule has 2 unspecified atom stereocenters. The molecule has 0 aromatic heterocycles. The summed E-state index contributed by atoms with van der Waals surface area (Å²) in [5, 5.41) is 0. The minimum absolute atomic E-state index is 0.0778. The second kappa shape index (κ2) is 7.87. The van der Waals surface area contributed by atoms with Gasteiger partial charge in [0.15, 0.2) is 0 Å². The fourth-order valence-corrected chi connectivity index (χ4v) is 3.74. The van der Waals surface area contributed by atoms with Crippen molar-refractivity contribution >= 4 is 11.8 Å². The number of nitrogens with zero attached hydrogens (tertiary/aromatic N) is 2. The molecule has 1 aromatic rings. The molecule has 0 spiro atoms. The van der Waals surface area contributed by atoms with Gasteiger partial charge < -0.3 is 20.3 Å². The van der Waals surface area contributed by atoms with Gasteiger partial charge in [-0.3, -0.25) is 9.59 Å². The van der Waals surface area contributed by atoms with Gasteiger partial charge in [0, 0.05) is 38.1 Å². The van der Waals surface area contributed by atoms with Gasteiger partial charge in [-0.1, -0.05) is 12.1 Å². The summed E-state index contributed by atoms with van der Waals surface area (Å²) in [6.07, 6.45) is 3.00. The third kappa shape index (κ3) is 4.31. The lowest BCUT2D eigenvalue weighted by Gasteiger charge is -2.36. The van der Waals surface area contributed by atoms with Crippen molar-refractivity contribution in [1.82, 2.24) is 9.80 Å². The highest BCUT2D eigenvalue weighted by Crippen LogP contribution is 2.26. The van der Waals surface area contributed by atoms with Crippen LogP contribution in [0.2, 0.25) is 0 Å². The minimum Gasteiger partial charge on any atom is -0.497 e. The summed E-state index contributed by atoms with van der Waals surface area (Å²) in [7, 11) is 1.62. The highest BCUT2D eigenvalue weighted by molar-refractivity contribution is 5.81. The van der Waals surface area contributed by atoms with E-state index in [4.69, 9.17) is 10.5 Å². The van der Waals surface area contributed by atoms with Crippen LogP contribution in [0.4, 0.5) is 0 Å². The van der Waals surface area contributed by atoms with Gasteiger partial charge in [0.05, 0.1) is 13.5 Å². The Morgan fingerprint density at radius 1 is 1.16 bits per heavy atom. The number of piperazine rings is 1. The lowest BCUT2D eigenvalue weighted by atomic mass is 10.1. The van der Waals surface area contributed by atoms with Crippen LogP contribution in [-0.2, 0) is 16.0 Å². The van der Waals surface area contributed by atoms with Crippen LogP contribution in [-0.4, -0.2) is 60.9 Å². The lowest BCUT2D eigenvalue weighted by molar-refractivity contribution is -0.141. The normalized spacial score (nSPS) is 23.6. The Kier molecular flexibility index (Phi) is 5.58. The number of carbonyl (C=O) groups excluding carboxylic acids is 2. The number of ether oxygens (including phenoxy) is 1. The molecular weight excluding hydrogens is 318 g/mol. The molecule has 1 saturated heterocycles. The first kappa shape index (κ1) is 17.7. The molecule has 6 nitrogen and oxygen atoms in total. The molecule has 1 heterocycles. The van der Waals surface area contributed by atoms with Crippen LogP contribution >= 0.6 is 0 Å². The molecule has 1 aliphatic heterocycles. The third-order valence-corrected chi connectivity index (χ3v) is 5.26. The van der Waals surface area contributed by atoms with E-state index in [-0.39, 0.29) is 23.8 Å². The van der Waals surface area contributed by atoms with E-state index in [1.165, 1.54) is 0 Å². The maximum atomic E-state index is 12.5. The summed E-state index contributed by atoms with van der Waals surface area (Å²) in [5.74, 6) is 1.15. The molecule has 0 radical (unpaired) electrons. The fraction of sp³-hybridized carbons (Fsp3) is 0.579. The zero-order valence-electron chi connectivity index (χ0n) is 14.8. The monoisotopic (exact) mass is 345 g/mol. The smallest absolute Gasteiger partial charge is 0.227 e. The Labute approximate surface area is 148 Å². The molecule has 2 N–H and O–H groups in total. The van der Waals surface area contributed by atoms with E-state index in [2.05, 4.69) is 0 Å². The van der Waals surface area contributed by atoms with Crippen LogP contribution in [0, 0.1) is 5.92 Å². The second-order valence-electron chi connectivity index (χ2n) is 7.00. The highest BCUT2D eigenvalue weighted by Gasteiger charge is 2.33. The largest absolute Gasteiger partial charge is 0.497 e. The molecule has 25 heavy (non-hydrogen) atoms. The molecule has 1 saturated carbocycles. The van der Waals surface area contributed by atoms with Crippen LogP contribution in [0.1, 0.15) is 24.8 Å². The average molecular weight is 345 g/mol. The van der Waals surface area contributed by atoms with Gasteiger partial charge in [-0.05, 0) is 37.0 Å². The number of hydrogen-bond donors (Lipinski definition) is 1. The van der Waals surface area contributed by atoms with Crippen molar-refractivity contribution in [3.05, 3.63) is 29.8 Å². The predicted octanol–water partition coefficient (Wildman–Crippen LogP) is 1.04. The number of methoxy groups -OCH3 is 1. The summed E-state index contributed by atoms with van der Waals surface area (Å²) >= 11 is 0. The summed E-state index contributed by atoms with van der Waals surface area (Å²) < 4.78 is 5.20. The van der Waals surface area contributed by atoms with Gasteiger partial charge in [0.1, 0.15) is 5.75 Å². The maximum absolute atomic E-state index is 12.5. The van der Waals surface area contributed by atoms with Crippen molar-refractivity contribution in [2.24, 2.45) is 11.7 Å². The Hall–Kier alpha value is -2.08. The molecule has 6 heteroatoms. The average Bonchev–Trinajstić information content (AvgIpc) is 3.07. The molecule has 0 bridgehead atoms. The Morgan fingerprint density at radius 2 is 1.88 bits per heavy atom. The highest BCUT2D eigenvalue weighted by atomic mass is 16.5. The molecule has 3 rings (SSSR count). The first-order chi connectivity index (χ1) is 12.1. The summed E-state index contributed by atoms with van der Waals surface area (Å²) in [5.41, 5.74) is 6.86. The number of rotatable bonds is 4. The Morgan fingerprint density at radius 3 is 2.52 bits per heavy atom. The second-order valence-corrected chi connectivity index (χ2v) is 7.00. The van der Waals surface area contributed by atoms with Gasteiger partial charge in [-0.25, -0.2) is 0 Å². The lowest BCUT2D eigenvalue weighted by Crippen LogP contribution is -2.52. The molecule has 2 atom stereocenters. The van der Waals surface area contributed by atoms with Crippen LogP contribution in [0.3, 0.4) is 0 Å². The summed E-state index contributed by atoms with van der Waals surface area (Å²) in [4.78, 5) is 28.8. The summed E-state index contributed by atoms with van der Waals surface area (Å²) in [6, 6.07) is 7.75. The van der Waals surface area contributed by atoms with Crippen molar-refractivity contribution in [3.8, 4) is 5.75 Å². The fourth-order valence-electron chi connectivity index (χ4n) is 3.74. The number of benzene rings is 1. The van der Waals surface area contributed by atoms with E-state index in [9.17, 15) is 9.59 Å². The van der Waals surface area contributed by atoms with Gasteiger partial charge >= 0.3 is 0 Å². The number of amides is 2. The summed E-state index contributed by atoms with van der Waals surface area (Å²) in [6.45, 7) is 2.45. The third-order valence-electron chi connectivity index (χ3n) is 5.26. The van der Waals surface area contributed by atoms with Crippen molar-refractivity contribution in [1.29, 1.82) is 0 Å². The van der Waals surface area contributed by atoms with Crippen molar-refractivity contribution in [3.63, 3.8) is 0 Å². The molecule has 2 amide bonds. The topological polar surface area (TPSA) is 75.9 Å². The zero-order valence-corrected chi connectivity index (χ0v) is 14.8. The van der Waals surface area contributed by atoms with E-state index >= 15 is 0 Å². The van der Waals surface area contributed by atoms with Gasteiger partial charge in [0.2, 0.25) is 11.8 Å². The number of carbonyl (C=O) groups is 2. The van der Waals surface area contributed by atoms with Crippen LogP contribution in [0.15, 0.2) is 24.3 Å². The van der Waals surface area contributed by atoms with Crippen LogP contribution in [0.5, 0.6) is 5.75 Å². The van der Waals surface area contributed by atoms with Gasteiger partial charge in [-0.2, -0.15) is 0 Å². The quantitative estimate of drug-likeness (QED) is 0.884. The van der Waals surface area contributed by atoms with E-state index < -0.39 is 0 Å². The predicted molar refractivity (Wildman–Crippen MR) is 95.2 cm³/mol. The number of nitrogens with two attached hydrogens (primary N) is 1. The molecule has 2 aliphatic rings. The Bertz CT molecular complexity index is 626. The SMILES string of the molecule is COc1cccc(CC(=O)N2CCN(C(=O)C3CCC(N)C3)CC2)c1. The standard InChI is InChI=1S/C19H27N3O3/c1-25-17-4-2-3-14(11-17)12-18(23)21-7-9-22(10-8-21)19(24)15-5-6-16(20)13-15/h2-4,11,15-16H,5-10,12-13,20H2,1H3. The van der Waals surface area contributed by atoms with E-state index in [0.717, 1.165) is 30.6 Å². The Balaban J connectivity index is 1.49. The zero-order chi connectivity index (χ0) is 17.8. The van der Waals surface area contributed by atoms with Crippen molar-refractivity contribution < 1.29 is 14.3 Å². The number of hydrogen-bond acceptors (Lipinski definition) is 4. The first-order valence-corrected chi connectivity index (χ1v) is 9.02. The molecule has 2 fully saturated rings. The molecule has 1 aromatic carbocycles. The van der Waals surface area contributed by atoms with Crippen LogP contribution in [0.25, 0.3) is 0 Å². The first-order valence-electron chi connectivity index (χ1n) is 9.02. The maximum Gasteiger partial charge on any atom is 0.227 e. The minimum atomic E-state index is 0.0778.